The van der Waals surface area contributed by atoms with Crippen LogP contribution in [0.25, 0.3) is 6.08 Å². The van der Waals surface area contributed by atoms with Gasteiger partial charge in [0.1, 0.15) is 11.5 Å². The Morgan fingerprint density at radius 2 is 1.85 bits per heavy atom. The monoisotopic (exact) mass is 568 g/mol. The Morgan fingerprint density at radius 1 is 1.10 bits per heavy atom. The summed E-state index contributed by atoms with van der Waals surface area (Å²) in [5.74, 6) is -2.32. The van der Waals surface area contributed by atoms with Gasteiger partial charge in [0.05, 0.1) is 31.3 Å². The molecule has 3 aromatic rings. The minimum atomic E-state index is -0.921. The van der Waals surface area contributed by atoms with Crippen LogP contribution in [0.2, 0.25) is 10.0 Å². The lowest BCUT2D eigenvalue weighted by Crippen LogP contribution is -2.34. The topological polar surface area (TPSA) is 131 Å². The zero-order valence-electron chi connectivity index (χ0n) is 20.8. The fourth-order valence-electron chi connectivity index (χ4n) is 3.86. The fourth-order valence-corrected chi connectivity index (χ4v) is 4.39. The molecule has 200 valence electrons. The largest absolute Gasteiger partial charge is 0.465 e. The normalized spacial score (nSPS) is 14.1. The Bertz CT molecular complexity index is 1490. The van der Waals surface area contributed by atoms with E-state index in [0.717, 1.165) is 5.56 Å². The quantitative estimate of drug-likeness (QED) is 0.249. The summed E-state index contributed by atoms with van der Waals surface area (Å²) < 4.78 is 10.6. The molecule has 0 saturated carbocycles. The van der Waals surface area contributed by atoms with Crippen LogP contribution in [0, 0.1) is 0 Å². The van der Waals surface area contributed by atoms with Crippen LogP contribution in [-0.4, -0.2) is 40.7 Å². The molecule has 2 N–H and O–H groups in total. The number of halogens is 2. The molecule has 12 heteroatoms. The SMILES string of the molecule is COC(=O)C1=C(C)N(Cc2cccnc2)C(=O)/C1=C/c1ccc(CNC(=O)C(=O)Nc2cc(Cl)cc(Cl)c2)o1. The number of ether oxygens (including phenoxy) is 1. The molecule has 0 atom stereocenters. The zero-order chi connectivity index (χ0) is 28.1. The molecule has 0 saturated heterocycles. The van der Waals surface area contributed by atoms with Crippen molar-refractivity contribution in [2.75, 3.05) is 12.4 Å². The summed E-state index contributed by atoms with van der Waals surface area (Å²) in [5, 5.41) is 5.46. The van der Waals surface area contributed by atoms with Crippen molar-refractivity contribution in [3.05, 3.63) is 98.8 Å². The first-order valence-corrected chi connectivity index (χ1v) is 12.3. The fraction of sp³-hybridized carbons (Fsp3) is 0.148. The summed E-state index contributed by atoms with van der Waals surface area (Å²) in [7, 11) is 1.24. The molecule has 1 aromatic carbocycles. The Balaban J connectivity index is 1.45. The predicted octanol–water partition coefficient (Wildman–Crippen LogP) is 4.11. The van der Waals surface area contributed by atoms with E-state index < -0.39 is 23.7 Å². The molecular weight excluding hydrogens is 547 g/mol. The molecule has 0 unspecified atom stereocenters. The molecule has 3 heterocycles. The molecule has 2 aromatic heterocycles. The molecule has 3 amide bonds. The number of methoxy groups -OCH3 is 1. The van der Waals surface area contributed by atoms with Crippen LogP contribution in [0.5, 0.6) is 0 Å². The predicted molar refractivity (Wildman–Crippen MR) is 143 cm³/mol. The van der Waals surface area contributed by atoms with E-state index in [9.17, 15) is 19.2 Å². The summed E-state index contributed by atoms with van der Waals surface area (Å²) in [6, 6.07) is 11.1. The van der Waals surface area contributed by atoms with Gasteiger partial charge >= 0.3 is 17.8 Å². The maximum absolute atomic E-state index is 13.3. The second kappa shape index (κ2) is 12.0. The number of rotatable bonds is 7. The van der Waals surface area contributed by atoms with Gasteiger partial charge in [0.25, 0.3) is 5.91 Å². The van der Waals surface area contributed by atoms with Gasteiger partial charge in [-0.1, -0.05) is 29.3 Å². The highest BCUT2D eigenvalue weighted by Gasteiger charge is 2.37. The van der Waals surface area contributed by atoms with Gasteiger partial charge in [-0.05, 0) is 55.0 Å². The van der Waals surface area contributed by atoms with Crippen molar-refractivity contribution in [1.82, 2.24) is 15.2 Å². The number of hydrogen-bond acceptors (Lipinski definition) is 7. The van der Waals surface area contributed by atoms with Crippen LogP contribution >= 0.6 is 23.2 Å². The number of furan rings is 1. The highest BCUT2D eigenvalue weighted by molar-refractivity contribution is 6.40. The third-order valence-electron chi connectivity index (χ3n) is 5.68. The molecule has 39 heavy (non-hydrogen) atoms. The van der Waals surface area contributed by atoms with Gasteiger partial charge in [-0.2, -0.15) is 0 Å². The number of hydrogen-bond donors (Lipinski definition) is 2. The molecule has 0 aliphatic carbocycles. The third-order valence-corrected chi connectivity index (χ3v) is 6.12. The Morgan fingerprint density at radius 3 is 2.51 bits per heavy atom. The number of nitrogens with one attached hydrogen (secondary N) is 2. The number of pyridine rings is 1. The van der Waals surface area contributed by atoms with Crippen LogP contribution in [0.15, 0.2) is 76.1 Å². The maximum atomic E-state index is 13.3. The Kier molecular flexibility index (Phi) is 8.48. The highest BCUT2D eigenvalue weighted by Crippen LogP contribution is 2.33. The standard InChI is InChI=1S/C27H22Cl2N4O6/c1-15-23(27(37)38-2)22(26(36)33(15)14-16-4-3-7-30-12-16)11-20-5-6-21(39-20)13-31-24(34)25(35)32-19-9-17(28)8-18(29)10-19/h3-12H,13-14H2,1-2H3,(H,31,34)(H,32,35)/b22-11+. The lowest BCUT2D eigenvalue weighted by molar-refractivity contribution is -0.136. The first-order valence-electron chi connectivity index (χ1n) is 11.5. The lowest BCUT2D eigenvalue weighted by atomic mass is 10.1. The van der Waals surface area contributed by atoms with Crippen LogP contribution in [0.4, 0.5) is 5.69 Å². The minimum absolute atomic E-state index is 0.104. The van der Waals surface area contributed by atoms with Crippen molar-refractivity contribution < 1.29 is 28.3 Å². The summed E-state index contributed by atoms with van der Waals surface area (Å²) in [4.78, 5) is 55.8. The van der Waals surface area contributed by atoms with E-state index in [2.05, 4.69) is 15.6 Å². The molecule has 0 bridgehead atoms. The van der Waals surface area contributed by atoms with Crippen molar-refractivity contribution in [3.8, 4) is 0 Å². The number of anilines is 1. The molecule has 0 fully saturated rings. The summed E-state index contributed by atoms with van der Waals surface area (Å²) >= 11 is 11.8. The van der Waals surface area contributed by atoms with Crippen molar-refractivity contribution >= 4 is 58.7 Å². The number of carbonyl (C=O) groups excluding carboxylic acids is 4. The lowest BCUT2D eigenvalue weighted by Gasteiger charge is -2.17. The Hall–Kier alpha value is -4.41. The van der Waals surface area contributed by atoms with E-state index in [1.807, 2.05) is 6.07 Å². The van der Waals surface area contributed by atoms with Crippen molar-refractivity contribution in [2.45, 2.75) is 20.0 Å². The summed E-state index contributed by atoms with van der Waals surface area (Å²) in [6.07, 6.45) is 4.70. The van der Waals surface area contributed by atoms with E-state index >= 15 is 0 Å². The molecular formula is C27H22Cl2N4O6. The third kappa shape index (κ3) is 6.54. The molecule has 1 aliphatic heterocycles. The van der Waals surface area contributed by atoms with Gasteiger partial charge in [0, 0.05) is 33.8 Å². The van der Waals surface area contributed by atoms with E-state index in [1.54, 1.807) is 37.5 Å². The number of carbonyl (C=O) groups is 4. The number of aromatic nitrogens is 1. The van der Waals surface area contributed by atoms with Crippen LogP contribution in [0.3, 0.4) is 0 Å². The zero-order valence-corrected chi connectivity index (χ0v) is 22.3. The maximum Gasteiger partial charge on any atom is 0.340 e. The molecule has 0 spiro atoms. The van der Waals surface area contributed by atoms with E-state index in [0.29, 0.717) is 21.5 Å². The van der Waals surface area contributed by atoms with E-state index in [-0.39, 0.29) is 35.7 Å². The first kappa shape index (κ1) is 27.6. The Labute approximate surface area is 233 Å². The number of amides is 3. The second-order valence-corrected chi connectivity index (χ2v) is 9.23. The number of allylic oxidation sites excluding steroid dienone is 1. The number of nitrogens with zero attached hydrogens (tertiary/aromatic N) is 2. The van der Waals surface area contributed by atoms with Gasteiger partial charge in [-0.25, -0.2) is 4.79 Å². The minimum Gasteiger partial charge on any atom is -0.465 e. The summed E-state index contributed by atoms with van der Waals surface area (Å²) in [5.41, 5.74) is 1.72. The highest BCUT2D eigenvalue weighted by atomic mass is 35.5. The summed E-state index contributed by atoms with van der Waals surface area (Å²) in [6.45, 7) is 1.77. The van der Waals surface area contributed by atoms with Crippen molar-refractivity contribution in [1.29, 1.82) is 0 Å². The first-order chi connectivity index (χ1) is 18.7. The van der Waals surface area contributed by atoms with Gasteiger partial charge < -0.3 is 24.7 Å². The molecule has 10 nitrogen and oxygen atoms in total. The van der Waals surface area contributed by atoms with Gasteiger partial charge in [-0.15, -0.1) is 0 Å². The average Bonchev–Trinajstić information content (AvgIpc) is 3.44. The smallest absolute Gasteiger partial charge is 0.340 e. The van der Waals surface area contributed by atoms with Crippen LogP contribution < -0.4 is 10.6 Å². The van der Waals surface area contributed by atoms with Gasteiger partial charge in [0.2, 0.25) is 0 Å². The number of esters is 1. The molecule has 0 radical (unpaired) electrons. The van der Waals surface area contributed by atoms with Crippen molar-refractivity contribution in [3.63, 3.8) is 0 Å². The van der Waals surface area contributed by atoms with E-state index in [1.165, 1.54) is 36.3 Å². The van der Waals surface area contributed by atoms with Crippen LogP contribution in [0.1, 0.15) is 24.0 Å². The molecule has 1 aliphatic rings. The van der Waals surface area contributed by atoms with Crippen molar-refractivity contribution in [2.24, 2.45) is 0 Å². The number of benzene rings is 1. The van der Waals surface area contributed by atoms with Gasteiger partial charge in [0.15, 0.2) is 0 Å². The molecule has 4 rings (SSSR count). The second-order valence-electron chi connectivity index (χ2n) is 8.36. The van der Waals surface area contributed by atoms with Crippen LogP contribution in [-0.2, 0) is 37.0 Å². The average molecular weight is 569 g/mol. The van der Waals surface area contributed by atoms with Gasteiger partial charge in [-0.3, -0.25) is 19.4 Å². The van der Waals surface area contributed by atoms with E-state index in [4.69, 9.17) is 32.4 Å².